The molecule has 0 radical (unpaired) electrons. The van der Waals surface area contributed by atoms with Crippen molar-refractivity contribution in [3.8, 4) is 0 Å². The number of anilines is 2. The number of nitrogens with zero attached hydrogens (tertiary/aromatic N) is 1. The van der Waals surface area contributed by atoms with E-state index in [9.17, 15) is 8.78 Å². The Balaban J connectivity index is 2.13. The van der Waals surface area contributed by atoms with Gasteiger partial charge in [-0.15, -0.1) is 0 Å². The minimum atomic E-state index is -0.836. The second kappa shape index (κ2) is 5.04. The summed E-state index contributed by atoms with van der Waals surface area (Å²) < 4.78 is 25.9. The van der Waals surface area contributed by atoms with Gasteiger partial charge in [0.05, 0.1) is 0 Å². The fourth-order valence-corrected chi connectivity index (χ4v) is 1.71. The molecule has 0 saturated heterocycles. The standard InChI is InChI=1S/C14H14F2N2/c1-18(9-10-2-4-11(17)5-3-10)12-6-7-13(15)14(16)8-12/h2-8H,9,17H2,1H3. The highest BCUT2D eigenvalue weighted by atomic mass is 19.2. The highest BCUT2D eigenvalue weighted by Gasteiger charge is 2.06. The van der Waals surface area contributed by atoms with Gasteiger partial charge in [-0.25, -0.2) is 8.78 Å². The molecule has 2 nitrogen and oxygen atoms in total. The molecule has 0 fully saturated rings. The number of nitrogens with two attached hydrogens (primary N) is 1. The zero-order valence-corrected chi connectivity index (χ0v) is 10.0. The van der Waals surface area contributed by atoms with Crippen LogP contribution < -0.4 is 10.6 Å². The first-order valence-electron chi connectivity index (χ1n) is 5.57. The second-order valence-electron chi connectivity index (χ2n) is 4.20. The first-order valence-corrected chi connectivity index (χ1v) is 5.57. The summed E-state index contributed by atoms with van der Waals surface area (Å²) in [4.78, 5) is 1.84. The molecule has 0 heterocycles. The highest BCUT2D eigenvalue weighted by Crippen LogP contribution is 2.19. The van der Waals surface area contributed by atoms with Gasteiger partial charge in [0.25, 0.3) is 0 Å². The molecule has 94 valence electrons. The summed E-state index contributed by atoms with van der Waals surface area (Å²) in [5.41, 5.74) is 7.99. The van der Waals surface area contributed by atoms with Gasteiger partial charge in [0.1, 0.15) is 0 Å². The molecule has 0 aliphatic carbocycles. The first kappa shape index (κ1) is 12.4. The first-order chi connectivity index (χ1) is 8.56. The molecule has 0 spiro atoms. The zero-order valence-electron chi connectivity index (χ0n) is 10.0. The molecule has 0 amide bonds. The Morgan fingerprint density at radius 1 is 1.00 bits per heavy atom. The molecular formula is C14H14F2N2. The Morgan fingerprint density at radius 2 is 1.67 bits per heavy atom. The molecular weight excluding hydrogens is 234 g/mol. The average Bonchev–Trinajstić information content (AvgIpc) is 2.35. The van der Waals surface area contributed by atoms with Crippen molar-refractivity contribution < 1.29 is 8.78 Å². The van der Waals surface area contributed by atoms with Crippen molar-refractivity contribution in [3.05, 3.63) is 59.7 Å². The molecule has 0 atom stereocenters. The van der Waals surface area contributed by atoms with Crippen LogP contribution >= 0.6 is 0 Å². The van der Waals surface area contributed by atoms with Gasteiger partial charge in [-0.1, -0.05) is 12.1 Å². The Bertz CT molecular complexity index is 538. The second-order valence-corrected chi connectivity index (χ2v) is 4.20. The van der Waals surface area contributed by atoms with Crippen molar-refractivity contribution in [1.29, 1.82) is 0 Å². The van der Waals surface area contributed by atoms with E-state index >= 15 is 0 Å². The van der Waals surface area contributed by atoms with Crippen molar-refractivity contribution in [2.75, 3.05) is 17.7 Å². The smallest absolute Gasteiger partial charge is 0.160 e. The largest absolute Gasteiger partial charge is 0.399 e. The molecule has 18 heavy (non-hydrogen) atoms. The number of halogens is 2. The molecule has 0 unspecified atom stereocenters. The number of nitrogen functional groups attached to an aromatic ring is 1. The maximum absolute atomic E-state index is 13.1. The van der Waals surface area contributed by atoms with Gasteiger partial charge in [0, 0.05) is 31.0 Å². The predicted molar refractivity (Wildman–Crippen MR) is 69.3 cm³/mol. The number of hydrogen-bond acceptors (Lipinski definition) is 2. The molecule has 2 aromatic rings. The lowest BCUT2D eigenvalue weighted by Gasteiger charge is -2.19. The lowest BCUT2D eigenvalue weighted by atomic mass is 10.2. The van der Waals surface area contributed by atoms with E-state index in [0.717, 1.165) is 11.6 Å². The molecule has 0 aromatic heterocycles. The Hall–Kier alpha value is -2.10. The summed E-state index contributed by atoms with van der Waals surface area (Å²) in [5.74, 6) is -1.67. The van der Waals surface area contributed by atoms with Crippen LogP contribution in [0.1, 0.15) is 5.56 Å². The van der Waals surface area contributed by atoms with Gasteiger partial charge < -0.3 is 10.6 Å². The van der Waals surface area contributed by atoms with Gasteiger partial charge in [-0.05, 0) is 29.8 Å². The van der Waals surface area contributed by atoms with Gasteiger partial charge in [0.2, 0.25) is 0 Å². The molecule has 2 N–H and O–H groups in total. The Kier molecular flexibility index (Phi) is 3.46. The monoisotopic (exact) mass is 248 g/mol. The quantitative estimate of drug-likeness (QED) is 0.845. The van der Waals surface area contributed by atoms with Crippen LogP contribution in [-0.2, 0) is 6.54 Å². The van der Waals surface area contributed by atoms with Crippen molar-refractivity contribution in [3.63, 3.8) is 0 Å². The summed E-state index contributed by atoms with van der Waals surface area (Å²) in [7, 11) is 1.82. The minimum absolute atomic E-state index is 0.603. The van der Waals surface area contributed by atoms with Crippen LogP contribution in [0.3, 0.4) is 0 Å². The summed E-state index contributed by atoms with van der Waals surface area (Å²) in [6.45, 7) is 0.603. The SMILES string of the molecule is CN(Cc1ccc(N)cc1)c1ccc(F)c(F)c1. The fourth-order valence-electron chi connectivity index (χ4n) is 1.71. The van der Waals surface area contributed by atoms with Gasteiger partial charge in [-0.2, -0.15) is 0 Å². The maximum atomic E-state index is 13.1. The van der Waals surface area contributed by atoms with Crippen LogP contribution in [-0.4, -0.2) is 7.05 Å². The number of hydrogen-bond donors (Lipinski definition) is 1. The Labute approximate surface area is 105 Å². The van der Waals surface area contributed by atoms with E-state index in [-0.39, 0.29) is 0 Å². The third-order valence-electron chi connectivity index (χ3n) is 2.74. The van der Waals surface area contributed by atoms with Crippen LogP contribution in [0.4, 0.5) is 20.2 Å². The van der Waals surface area contributed by atoms with E-state index in [1.807, 2.05) is 36.2 Å². The average molecular weight is 248 g/mol. The van der Waals surface area contributed by atoms with Gasteiger partial charge >= 0.3 is 0 Å². The summed E-state index contributed by atoms with van der Waals surface area (Å²) in [6, 6.07) is 11.3. The summed E-state index contributed by atoms with van der Waals surface area (Å²) in [6.07, 6.45) is 0. The zero-order chi connectivity index (χ0) is 13.1. The molecule has 0 saturated carbocycles. The lowest BCUT2D eigenvalue weighted by molar-refractivity contribution is 0.508. The molecule has 0 bridgehead atoms. The van der Waals surface area contributed by atoms with Gasteiger partial charge in [-0.3, -0.25) is 0 Å². The van der Waals surface area contributed by atoms with Crippen molar-refractivity contribution >= 4 is 11.4 Å². The lowest BCUT2D eigenvalue weighted by Crippen LogP contribution is -2.16. The molecule has 0 aliphatic heterocycles. The third kappa shape index (κ3) is 2.77. The van der Waals surface area contributed by atoms with E-state index in [1.165, 1.54) is 6.07 Å². The summed E-state index contributed by atoms with van der Waals surface area (Å²) >= 11 is 0. The van der Waals surface area contributed by atoms with E-state index < -0.39 is 11.6 Å². The Morgan fingerprint density at radius 3 is 2.28 bits per heavy atom. The molecule has 0 aliphatic rings. The van der Waals surface area contributed by atoms with Crippen molar-refractivity contribution in [2.24, 2.45) is 0 Å². The van der Waals surface area contributed by atoms with Crippen LogP contribution in [0.5, 0.6) is 0 Å². The molecule has 2 rings (SSSR count). The van der Waals surface area contributed by atoms with Crippen molar-refractivity contribution in [1.82, 2.24) is 0 Å². The van der Waals surface area contributed by atoms with E-state index in [0.29, 0.717) is 17.9 Å². The maximum Gasteiger partial charge on any atom is 0.160 e. The van der Waals surface area contributed by atoms with Crippen LogP contribution in [0, 0.1) is 11.6 Å². The summed E-state index contributed by atoms with van der Waals surface area (Å²) in [5, 5.41) is 0. The number of benzene rings is 2. The number of rotatable bonds is 3. The predicted octanol–water partition coefficient (Wildman–Crippen LogP) is 3.18. The topological polar surface area (TPSA) is 29.3 Å². The fraction of sp³-hybridized carbons (Fsp3) is 0.143. The minimum Gasteiger partial charge on any atom is -0.399 e. The third-order valence-corrected chi connectivity index (χ3v) is 2.74. The van der Waals surface area contributed by atoms with E-state index in [2.05, 4.69) is 0 Å². The molecule has 4 heteroatoms. The highest BCUT2D eigenvalue weighted by molar-refractivity contribution is 5.47. The van der Waals surface area contributed by atoms with Crippen molar-refractivity contribution in [2.45, 2.75) is 6.54 Å². The van der Waals surface area contributed by atoms with Crippen LogP contribution in [0.2, 0.25) is 0 Å². The van der Waals surface area contributed by atoms with Crippen LogP contribution in [0.25, 0.3) is 0 Å². The van der Waals surface area contributed by atoms with Crippen LogP contribution in [0.15, 0.2) is 42.5 Å². The van der Waals surface area contributed by atoms with E-state index in [4.69, 9.17) is 5.73 Å². The normalized spacial score (nSPS) is 10.4. The molecule has 2 aromatic carbocycles. The van der Waals surface area contributed by atoms with E-state index in [1.54, 1.807) is 6.07 Å². The van der Waals surface area contributed by atoms with Gasteiger partial charge in [0.15, 0.2) is 11.6 Å².